The zero-order valence-corrected chi connectivity index (χ0v) is 11.3. The molecule has 0 spiro atoms. The number of methoxy groups -OCH3 is 1. The number of anilines is 1. The van der Waals surface area contributed by atoms with Crippen LogP contribution < -0.4 is 15.8 Å². The van der Waals surface area contributed by atoms with Crippen LogP contribution in [-0.2, 0) is 14.3 Å². The Hall–Kier alpha value is -2.08. The number of nitrogens with two attached hydrogens (primary N) is 1. The normalized spacial score (nSPS) is 15.3. The van der Waals surface area contributed by atoms with Gasteiger partial charge < -0.3 is 20.5 Å². The molecule has 0 aliphatic heterocycles. The Morgan fingerprint density at radius 2 is 1.95 bits per heavy atom. The van der Waals surface area contributed by atoms with Gasteiger partial charge in [-0.1, -0.05) is 0 Å². The molecule has 108 valence electrons. The van der Waals surface area contributed by atoms with Gasteiger partial charge in [-0.05, 0) is 37.1 Å². The zero-order chi connectivity index (χ0) is 14.6. The highest BCUT2D eigenvalue weighted by Gasteiger charge is 2.45. The van der Waals surface area contributed by atoms with Gasteiger partial charge in [-0.2, -0.15) is 0 Å². The van der Waals surface area contributed by atoms with Gasteiger partial charge in [0.05, 0.1) is 25.7 Å². The van der Waals surface area contributed by atoms with Gasteiger partial charge in [0.25, 0.3) is 0 Å². The highest BCUT2D eigenvalue weighted by atomic mass is 16.5. The molecule has 20 heavy (non-hydrogen) atoms. The van der Waals surface area contributed by atoms with Crippen LogP contribution in [0.3, 0.4) is 0 Å². The topological polar surface area (TPSA) is 90.6 Å². The monoisotopic (exact) mass is 278 g/mol. The minimum absolute atomic E-state index is 0.156. The maximum Gasteiger partial charge on any atom is 0.308 e. The maximum absolute atomic E-state index is 11.7. The first-order chi connectivity index (χ1) is 9.53. The molecule has 0 bridgehead atoms. The molecule has 1 aromatic rings. The fourth-order valence-corrected chi connectivity index (χ4v) is 1.61. The summed E-state index contributed by atoms with van der Waals surface area (Å²) in [6, 6.07) is 6.92. The van der Waals surface area contributed by atoms with E-state index in [1.54, 1.807) is 24.3 Å². The molecule has 6 nitrogen and oxygen atoms in total. The van der Waals surface area contributed by atoms with E-state index in [9.17, 15) is 9.59 Å². The lowest BCUT2D eigenvalue weighted by Crippen LogP contribution is -2.37. The zero-order valence-electron chi connectivity index (χ0n) is 11.3. The number of hydrogen-bond acceptors (Lipinski definition) is 5. The van der Waals surface area contributed by atoms with Crippen molar-refractivity contribution < 1.29 is 19.1 Å². The number of rotatable bonds is 6. The summed E-state index contributed by atoms with van der Waals surface area (Å²) in [5, 5.41) is 2.76. The summed E-state index contributed by atoms with van der Waals surface area (Å²) < 4.78 is 9.89. The summed E-state index contributed by atoms with van der Waals surface area (Å²) >= 11 is 0. The van der Waals surface area contributed by atoms with Gasteiger partial charge in [-0.15, -0.1) is 0 Å². The minimum atomic E-state index is -0.685. The summed E-state index contributed by atoms with van der Waals surface area (Å²) in [7, 11) is 1.34. The van der Waals surface area contributed by atoms with Crippen LogP contribution in [0.25, 0.3) is 0 Å². The molecule has 0 radical (unpaired) electrons. The number of carbonyl (C=O) groups is 2. The van der Waals surface area contributed by atoms with Crippen molar-refractivity contribution in [1.29, 1.82) is 0 Å². The van der Waals surface area contributed by atoms with Crippen molar-refractivity contribution in [3.05, 3.63) is 24.3 Å². The molecule has 0 aromatic heterocycles. The van der Waals surface area contributed by atoms with Gasteiger partial charge in [-0.3, -0.25) is 9.59 Å². The molecule has 1 aliphatic rings. The molecule has 0 saturated heterocycles. The number of benzene rings is 1. The van der Waals surface area contributed by atoms with E-state index < -0.39 is 5.54 Å². The Morgan fingerprint density at radius 1 is 1.30 bits per heavy atom. The molecule has 1 aromatic carbocycles. The maximum atomic E-state index is 11.7. The Bertz CT molecular complexity index is 494. The number of carbonyl (C=O) groups excluding carboxylic acids is 2. The van der Waals surface area contributed by atoms with Gasteiger partial charge in [-0.25, -0.2) is 0 Å². The molecular formula is C14H18N2O4. The highest BCUT2D eigenvalue weighted by Crippen LogP contribution is 2.33. The second kappa shape index (κ2) is 5.92. The fourth-order valence-electron chi connectivity index (χ4n) is 1.61. The van der Waals surface area contributed by atoms with E-state index in [2.05, 4.69) is 10.1 Å². The molecule has 0 heterocycles. The van der Waals surface area contributed by atoms with E-state index in [1.807, 2.05) is 0 Å². The van der Waals surface area contributed by atoms with Gasteiger partial charge >= 0.3 is 5.97 Å². The van der Waals surface area contributed by atoms with Gasteiger partial charge in [0.1, 0.15) is 5.75 Å². The van der Waals surface area contributed by atoms with Crippen molar-refractivity contribution in [3.63, 3.8) is 0 Å². The van der Waals surface area contributed by atoms with E-state index in [1.165, 1.54) is 7.11 Å². The summed E-state index contributed by atoms with van der Waals surface area (Å²) in [5.74, 6) is 0.157. The van der Waals surface area contributed by atoms with Crippen molar-refractivity contribution >= 4 is 17.6 Å². The Morgan fingerprint density at radius 3 is 2.50 bits per heavy atom. The predicted octanol–water partition coefficient (Wildman–Crippen LogP) is 1.06. The van der Waals surface area contributed by atoms with Crippen molar-refractivity contribution in [2.75, 3.05) is 19.0 Å². The summed E-state index contributed by atoms with van der Waals surface area (Å²) in [5.41, 5.74) is 5.78. The van der Waals surface area contributed by atoms with Gasteiger partial charge in [0.2, 0.25) is 5.91 Å². The Balaban J connectivity index is 1.80. The molecule has 1 saturated carbocycles. The van der Waals surface area contributed by atoms with E-state index in [0.717, 1.165) is 12.8 Å². The molecule has 1 amide bonds. The smallest absolute Gasteiger partial charge is 0.308 e. The summed E-state index contributed by atoms with van der Waals surface area (Å²) in [4.78, 5) is 22.7. The van der Waals surface area contributed by atoms with Crippen LogP contribution in [0.4, 0.5) is 5.69 Å². The molecule has 0 unspecified atom stereocenters. The van der Waals surface area contributed by atoms with Crippen molar-refractivity contribution in [1.82, 2.24) is 0 Å². The lowest BCUT2D eigenvalue weighted by Gasteiger charge is -2.11. The van der Waals surface area contributed by atoms with E-state index in [0.29, 0.717) is 11.4 Å². The molecule has 1 fully saturated rings. The lowest BCUT2D eigenvalue weighted by atomic mass is 10.2. The molecule has 0 atom stereocenters. The van der Waals surface area contributed by atoms with Crippen LogP contribution in [0.2, 0.25) is 0 Å². The van der Waals surface area contributed by atoms with Crippen LogP contribution in [0.5, 0.6) is 5.75 Å². The third kappa shape index (κ3) is 3.71. The highest BCUT2D eigenvalue weighted by molar-refractivity contribution is 6.00. The molecule has 1 aliphatic carbocycles. The van der Waals surface area contributed by atoms with Crippen LogP contribution >= 0.6 is 0 Å². The molecule has 2 rings (SSSR count). The van der Waals surface area contributed by atoms with Crippen LogP contribution in [0.1, 0.15) is 19.3 Å². The first kappa shape index (κ1) is 14.3. The van der Waals surface area contributed by atoms with E-state index >= 15 is 0 Å². The Labute approximate surface area is 117 Å². The molecular weight excluding hydrogens is 260 g/mol. The van der Waals surface area contributed by atoms with Gasteiger partial charge in [0, 0.05) is 5.69 Å². The minimum Gasteiger partial charge on any atom is -0.493 e. The fraction of sp³-hybridized carbons (Fsp3) is 0.429. The quantitative estimate of drug-likeness (QED) is 0.759. The summed E-state index contributed by atoms with van der Waals surface area (Å²) in [6.45, 7) is 0.254. The molecule has 6 heteroatoms. The van der Waals surface area contributed by atoms with Gasteiger partial charge in [0.15, 0.2) is 0 Å². The number of nitrogens with one attached hydrogen (secondary N) is 1. The number of ether oxygens (including phenoxy) is 2. The third-order valence-electron chi connectivity index (χ3n) is 3.16. The average molecular weight is 278 g/mol. The third-order valence-corrected chi connectivity index (χ3v) is 3.16. The Kier molecular flexibility index (Phi) is 4.24. The predicted molar refractivity (Wildman–Crippen MR) is 73.4 cm³/mol. The first-order valence-corrected chi connectivity index (χ1v) is 6.43. The second-order valence-corrected chi connectivity index (χ2v) is 4.81. The van der Waals surface area contributed by atoms with E-state index in [4.69, 9.17) is 10.5 Å². The second-order valence-electron chi connectivity index (χ2n) is 4.81. The van der Waals surface area contributed by atoms with Crippen LogP contribution in [-0.4, -0.2) is 31.1 Å². The molecule has 3 N–H and O–H groups in total. The number of esters is 1. The SMILES string of the molecule is COC(=O)CCOc1ccc(NC(=O)C2(N)CC2)cc1. The number of amides is 1. The number of hydrogen-bond donors (Lipinski definition) is 2. The summed E-state index contributed by atoms with van der Waals surface area (Å²) in [6.07, 6.45) is 1.66. The van der Waals surface area contributed by atoms with Crippen LogP contribution in [0.15, 0.2) is 24.3 Å². The van der Waals surface area contributed by atoms with Crippen LogP contribution in [0, 0.1) is 0 Å². The standard InChI is InChI=1S/C14H18N2O4/c1-19-12(17)6-9-20-11-4-2-10(3-5-11)16-13(18)14(15)7-8-14/h2-5H,6-9,15H2,1H3,(H,16,18). The lowest BCUT2D eigenvalue weighted by molar-refractivity contribution is -0.141. The largest absolute Gasteiger partial charge is 0.493 e. The average Bonchev–Trinajstić information content (AvgIpc) is 3.20. The van der Waals surface area contributed by atoms with Crippen molar-refractivity contribution in [3.8, 4) is 5.75 Å². The van der Waals surface area contributed by atoms with Crippen molar-refractivity contribution in [2.24, 2.45) is 5.73 Å². The van der Waals surface area contributed by atoms with Crippen molar-refractivity contribution in [2.45, 2.75) is 24.8 Å². The first-order valence-electron chi connectivity index (χ1n) is 6.43. The van der Waals surface area contributed by atoms with E-state index in [-0.39, 0.29) is 24.9 Å².